The van der Waals surface area contributed by atoms with Gasteiger partial charge in [-0.25, -0.2) is 9.59 Å². The van der Waals surface area contributed by atoms with Gasteiger partial charge >= 0.3 is 11.9 Å². The van der Waals surface area contributed by atoms with Crippen molar-refractivity contribution in [1.82, 2.24) is 0 Å². The average molecular weight is 228 g/mol. The van der Waals surface area contributed by atoms with Gasteiger partial charge in [-0.1, -0.05) is 12.7 Å². The zero-order chi connectivity index (χ0) is 12.7. The number of hydrogen-bond acceptors (Lipinski definition) is 3. The van der Waals surface area contributed by atoms with Crippen molar-refractivity contribution in [3.63, 3.8) is 0 Å². The van der Waals surface area contributed by atoms with Crippen LogP contribution in [0.25, 0.3) is 0 Å². The minimum absolute atomic E-state index is 0.176. The van der Waals surface area contributed by atoms with Crippen molar-refractivity contribution in [1.29, 1.82) is 0 Å². The minimum atomic E-state index is -0.935. The highest BCUT2D eigenvalue weighted by Crippen LogP contribution is 2.14. The Labute approximate surface area is 94.0 Å². The van der Waals surface area contributed by atoms with Crippen LogP contribution in [0.3, 0.4) is 0 Å². The highest BCUT2D eigenvalue weighted by Gasteiger charge is 2.20. The van der Waals surface area contributed by atoms with Gasteiger partial charge in [0.15, 0.2) is 0 Å². The summed E-state index contributed by atoms with van der Waals surface area (Å²) in [5.74, 6) is -1.78. The summed E-state index contributed by atoms with van der Waals surface area (Å²) in [5, 5.41) is 16.3. The second kappa shape index (κ2) is 6.79. The van der Waals surface area contributed by atoms with E-state index in [4.69, 9.17) is 14.9 Å². The van der Waals surface area contributed by atoms with Crippen LogP contribution in [0.15, 0.2) is 23.8 Å². The van der Waals surface area contributed by atoms with Crippen LogP contribution in [-0.2, 0) is 14.3 Å². The molecule has 1 unspecified atom stereocenters. The second-order valence-electron chi connectivity index (χ2n) is 3.47. The van der Waals surface area contributed by atoms with Crippen molar-refractivity contribution in [3.05, 3.63) is 23.8 Å². The van der Waals surface area contributed by atoms with Crippen molar-refractivity contribution >= 4 is 11.9 Å². The molecule has 0 amide bonds. The molecule has 1 aliphatic heterocycles. The molecular formula is C11H16O5. The summed E-state index contributed by atoms with van der Waals surface area (Å²) in [6, 6.07) is 0. The second-order valence-corrected chi connectivity index (χ2v) is 3.47. The van der Waals surface area contributed by atoms with Gasteiger partial charge in [0.2, 0.25) is 0 Å². The molecule has 0 aliphatic carbocycles. The molecule has 1 heterocycles. The molecule has 5 nitrogen and oxygen atoms in total. The van der Waals surface area contributed by atoms with Gasteiger partial charge in [-0.05, 0) is 20.3 Å². The Morgan fingerprint density at radius 2 is 1.81 bits per heavy atom. The molecular weight excluding hydrogens is 212 g/mol. The maximum absolute atomic E-state index is 10.2. The van der Waals surface area contributed by atoms with E-state index in [1.54, 1.807) is 13.0 Å². The third-order valence-electron chi connectivity index (χ3n) is 1.79. The fourth-order valence-electron chi connectivity index (χ4n) is 0.600. The molecule has 1 aliphatic rings. The molecule has 0 aromatic rings. The van der Waals surface area contributed by atoms with Crippen molar-refractivity contribution in [2.24, 2.45) is 0 Å². The third-order valence-corrected chi connectivity index (χ3v) is 1.79. The van der Waals surface area contributed by atoms with Crippen molar-refractivity contribution in [3.8, 4) is 0 Å². The molecule has 0 aromatic carbocycles. The van der Waals surface area contributed by atoms with Gasteiger partial charge < -0.3 is 14.9 Å². The molecule has 2 N–H and O–H groups in total. The molecule has 0 aromatic heterocycles. The molecule has 5 heteroatoms. The Kier molecular flexibility index (Phi) is 6.10. The summed E-state index contributed by atoms with van der Waals surface area (Å²) in [7, 11) is 0. The number of aliphatic carboxylic acids is 2. The summed E-state index contributed by atoms with van der Waals surface area (Å²) in [4.78, 5) is 19.8. The van der Waals surface area contributed by atoms with E-state index in [1.165, 1.54) is 6.92 Å². The van der Waals surface area contributed by atoms with E-state index in [9.17, 15) is 9.59 Å². The van der Waals surface area contributed by atoms with Gasteiger partial charge in [-0.2, -0.15) is 0 Å². The van der Waals surface area contributed by atoms with E-state index in [1.807, 2.05) is 0 Å². The molecule has 0 bridgehead atoms. The highest BCUT2D eigenvalue weighted by molar-refractivity contribution is 5.85. The van der Waals surface area contributed by atoms with Gasteiger partial charge in [0.05, 0.1) is 12.7 Å². The molecule has 1 atom stereocenters. The summed E-state index contributed by atoms with van der Waals surface area (Å²) in [6.07, 6.45) is 2.72. The van der Waals surface area contributed by atoms with Crippen LogP contribution in [0.1, 0.15) is 20.3 Å². The number of carboxylic acids is 2. The van der Waals surface area contributed by atoms with Crippen molar-refractivity contribution in [2.75, 3.05) is 6.61 Å². The van der Waals surface area contributed by atoms with Crippen molar-refractivity contribution in [2.45, 2.75) is 26.4 Å². The maximum atomic E-state index is 10.2. The van der Waals surface area contributed by atoms with E-state index in [0.29, 0.717) is 5.57 Å². The van der Waals surface area contributed by atoms with E-state index < -0.39 is 11.9 Å². The van der Waals surface area contributed by atoms with E-state index in [-0.39, 0.29) is 11.7 Å². The smallest absolute Gasteiger partial charge is 0.330 e. The zero-order valence-electron chi connectivity index (χ0n) is 9.40. The van der Waals surface area contributed by atoms with E-state index >= 15 is 0 Å². The lowest BCUT2D eigenvalue weighted by Crippen LogP contribution is -1.96. The fraction of sp³-hybridized carbons (Fsp3) is 0.455. The Hall–Kier alpha value is -1.62. The number of epoxide rings is 1. The Bertz CT molecular complexity index is 300. The molecule has 1 fully saturated rings. The number of ether oxygens (including phenoxy) is 1. The first-order chi connectivity index (χ1) is 7.34. The van der Waals surface area contributed by atoms with Gasteiger partial charge in [0.1, 0.15) is 0 Å². The summed E-state index contributed by atoms with van der Waals surface area (Å²) >= 11 is 0. The van der Waals surface area contributed by atoms with Gasteiger partial charge in [0.25, 0.3) is 0 Å². The first-order valence-electron chi connectivity index (χ1n) is 4.75. The van der Waals surface area contributed by atoms with Crippen molar-refractivity contribution < 1.29 is 24.5 Å². The van der Waals surface area contributed by atoms with Crippen LogP contribution in [-0.4, -0.2) is 34.9 Å². The maximum Gasteiger partial charge on any atom is 0.330 e. The van der Waals surface area contributed by atoms with Crippen LogP contribution in [0.2, 0.25) is 0 Å². The predicted octanol–water partition coefficient (Wildman–Crippen LogP) is 1.45. The standard InChI is InChI=1S/C7H10O3.C4H6O2/c1-5(7(8)9)2-3-6-4-10-6;1-3(2)4(5)6/h2,6H,3-4H2,1H3,(H,8,9);1H2,2H3,(H,5,6)/b5-2+;. The average Bonchev–Trinajstić information content (AvgIpc) is 2.98. The lowest BCUT2D eigenvalue weighted by molar-refractivity contribution is -0.133. The summed E-state index contributed by atoms with van der Waals surface area (Å²) in [5.41, 5.74) is 0.575. The topological polar surface area (TPSA) is 87.1 Å². The third kappa shape index (κ3) is 7.75. The van der Waals surface area contributed by atoms with Crippen LogP contribution in [0.4, 0.5) is 0 Å². The van der Waals surface area contributed by atoms with Crippen LogP contribution >= 0.6 is 0 Å². The van der Waals surface area contributed by atoms with Gasteiger partial charge in [-0.15, -0.1) is 0 Å². The predicted molar refractivity (Wildman–Crippen MR) is 58.2 cm³/mol. The molecule has 0 saturated carbocycles. The number of carbonyl (C=O) groups is 2. The Balaban J connectivity index is 0.000000325. The lowest BCUT2D eigenvalue weighted by Gasteiger charge is -1.89. The molecule has 16 heavy (non-hydrogen) atoms. The quantitative estimate of drug-likeness (QED) is 0.561. The minimum Gasteiger partial charge on any atom is -0.478 e. The number of rotatable bonds is 4. The molecule has 90 valence electrons. The largest absolute Gasteiger partial charge is 0.478 e. The van der Waals surface area contributed by atoms with Crippen LogP contribution in [0, 0.1) is 0 Å². The van der Waals surface area contributed by atoms with Gasteiger partial charge in [0, 0.05) is 11.1 Å². The molecule has 1 rings (SSSR count). The number of hydrogen-bond donors (Lipinski definition) is 2. The van der Waals surface area contributed by atoms with E-state index in [0.717, 1.165) is 13.0 Å². The molecule has 0 radical (unpaired) electrons. The fourth-order valence-corrected chi connectivity index (χ4v) is 0.600. The van der Waals surface area contributed by atoms with Gasteiger partial charge in [-0.3, -0.25) is 0 Å². The summed E-state index contributed by atoms with van der Waals surface area (Å²) in [6.45, 7) is 6.97. The Morgan fingerprint density at radius 1 is 1.38 bits per heavy atom. The normalized spacial score (nSPS) is 18.1. The monoisotopic (exact) mass is 228 g/mol. The SMILES string of the molecule is C/C(=C\CC1CO1)C(=O)O.C=C(C)C(=O)O. The highest BCUT2D eigenvalue weighted by atomic mass is 16.6. The van der Waals surface area contributed by atoms with Crippen LogP contribution in [0.5, 0.6) is 0 Å². The molecule has 1 saturated heterocycles. The van der Waals surface area contributed by atoms with Crippen LogP contribution < -0.4 is 0 Å². The first kappa shape index (κ1) is 14.4. The summed E-state index contributed by atoms with van der Waals surface area (Å²) < 4.78 is 4.90. The number of carboxylic acid groups (broad SMARTS) is 2. The zero-order valence-corrected chi connectivity index (χ0v) is 9.40. The first-order valence-corrected chi connectivity index (χ1v) is 4.75. The molecule has 0 spiro atoms. The lowest BCUT2D eigenvalue weighted by atomic mass is 10.2. The Morgan fingerprint density at radius 3 is 2.06 bits per heavy atom. The van der Waals surface area contributed by atoms with E-state index in [2.05, 4.69) is 6.58 Å².